The van der Waals surface area contributed by atoms with Gasteiger partial charge in [-0.25, -0.2) is 9.38 Å². The Balaban J connectivity index is 0.00000256. The van der Waals surface area contributed by atoms with Gasteiger partial charge in [-0.2, -0.15) is 0 Å². The summed E-state index contributed by atoms with van der Waals surface area (Å²) in [5.74, 6) is 2.28. The number of fused-ring (bicyclic) bond motifs is 4. The van der Waals surface area contributed by atoms with E-state index in [9.17, 15) is 4.39 Å². The van der Waals surface area contributed by atoms with Crippen molar-refractivity contribution >= 4 is 11.3 Å². The summed E-state index contributed by atoms with van der Waals surface area (Å²) in [6, 6.07) is 4.99. The molecule has 0 spiro atoms. The molecule has 1 saturated heterocycles. The fourth-order valence-electron chi connectivity index (χ4n) is 4.61. The maximum absolute atomic E-state index is 14.8. The smallest absolute Gasteiger partial charge is 0.140 e. The van der Waals surface area contributed by atoms with E-state index in [2.05, 4.69) is 24.6 Å². The lowest BCUT2D eigenvalue weighted by Gasteiger charge is -2.37. The number of ether oxygens (including phenoxy) is 1. The van der Waals surface area contributed by atoms with Gasteiger partial charge in [0.1, 0.15) is 17.4 Å². The largest absolute Gasteiger partial charge is 0.493 e. The number of aliphatic imine (C=N–C) groups is 1. The van der Waals surface area contributed by atoms with E-state index in [4.69, 9.17) is 9.73 Å². The van der Waals surface area contributed by atoms with Crippen LogP contribution in [0, 0.1) is 17.7 Å². The molecule has 1 aromatic carbocycles. The van der Waals surface area contributed by atoms with Gasteiger partial charge in [0.25, 0.3) is 0 Å². The molecule has 3 aliphatic rings. The lowest BCUT2D eigenvalue weighted by atomic mass is 9.82. The first-order valence-electron chi connectivity index (χ1n) is 10.5. The van der Waals surface area contributed by atoms with Crippen LogP contribution >= 0.6 is 0 Å². The lowest BCUT2D eigenvalue weighted by Crippen LogP contribution is -2.40. The van der Waals surface area contributed by atoms with E-state index in [-0.39, 0.29) is 7.24 Å². The molecular formula is C24H32FN3O. The van der Waals surface area contributed by atoms with Crippen LogP contribution in [0.1, 0.15) is 32.7 Å². The van der Waals surface area contributed by atoms with Crippen LogP contribution in [0.5, 0.6) is 5.75 Å². The van der Waals surface area contributed by atoms with Crippen molar-refractivity contribution in [1.82, 2.24) is 9.80 Å². The molecule has 5 heteroatoms. The molecule has 0 amide bonds. The molecule has 0 saturated carbocycles. The van der Waals surface area contributed by atoms with Crippen LogP contribution in [0.4, 0.5) is 4.39 Å². The quantitative estimate of drug-likeness (QED) is 0.671. The van der Waals surface area contributed by atoms with Crippen LogP contribution in [0.15, 0.2) is 53.9 Å². The molecule has 0 radical (unpaired) electrons. The Morgan fingerprint density at radius 2 is 2.14 bits per heavy atom. The van der Waals surface area contributed by atoms with Gasteiger partial charge in [-0.1, -0.05) is 12.7 Å². The first-order chi connectivity index (χ1) is 14.0. The molecule has 1 fully saturated rings. The number of hydrogen-bond donors (Lipinski definition) is 0. The van der Waals surface area contributed by atoms with Gasteiger partial charge < -0.3 is 14.5 Å². The van der Waals surface area contributed by atoms with Crippen molar-refractivity contribution in [3.05, 3.63) is 60.3 Å². The number of benzene rings is 1. The third-order valence-corrected chi connectivity index (χ3v) is 6.31. The van der Waals surface area contributed by atoms with Gasteiger partial charge in [0, 0.05) is 44.0 Å². The summed E-state index contributed by atoms with van der Waals surface area (Å²) in [6.07, 6.45) is 10.2. The summed E-state index contributed by atoms with van der Waals surface area (Å²) >= 11 is 0. The molecule has 156 valence electrons. The van der Waals surface area contributed by atoms with E-state index >= 15 is 0 Å². The van der Waals surface area contributed by atoms with E-state index in [1.54, 1.807) is 18.2 Å². The van der Waals surface area contributed by atoms with E-state index in [1.165, 1.54) is 18.9 Å². The lowest BCUT2D eigenvalue weighted by molar-refractivity contribution is 0.0906. The zero-order valence-corrected chi connectivity index (χ0v) is 17.4. The molecule has 2 atom stereocenters. The van der Waals surface area contributed by atoms with Crippen LogP contribution < -0.4 is 4.74 Å². The van der Waals surface area contributed by atoms with Crippen LogP contribution in [0.25, 0.3) is 5.57 Å². The van der Waals surface area contributed by atoms with Crippen molar-refractivity contribution in [2.24, 2.45) is 16.8 Å². The Morgan fingerprint density at radius 3 is 2.97 bits per heavy atom. The number of allylic oxidation sites excluding steroid dienone is 3. The van der Waals surface area contributed by atoms with Crippen LogP contribution in [0.2, 0.25) is 0 Å². The van der Waals surface area contributed by atoms with Crippen LogP contribution in [-0.4, -0.2) is 49.3 Å². The van der Waals surface area contributed by atoms with E-state index < -0.39 is 0 Å². The van der Waals surface area contributed by atoms with Crippen molar-refractivity contribution < 1.29 is 10.6 Å². The topological polar surface area (TPSA) is 28.1 Å². The van der Waals surface area contributed by atoms with E-state index in [1.807, 2.05) is 18.1 Å². The molecule has 0 aliphatic carbocycles. The van der Waals surface area contributed by atoms with E-state index in [0.717, 1.165) is 37.5 Å². The summed E-state index contributed by atoms with van der Waals surface area (Å²) in [4.78, 5) is 9.17. The van der Waals surface area contributed by atoms with Gasteiger partial charge in [0.2, 0.25) is 0 Å². The minimum absolute atomic E-state index is 0. The number of nitrogens with zero attached hydrogens (tertiary/aromatic N) is 3. The second-order valence-corrected chi connectivity index (χ2v) is 8.39. The van der Waals surface area contributed by atoms with Gasteiger partial charge in [-0.15, -0.1) is 0 Å². The highest BCUT2D eigenvalue weighted by molar-refractivity contribution is 5.97. The van der Waals surface area contributed by atoms with Gasteiger partial charge in [0.05, 0.1) is 6.61 Å². The zero-order valence-electron chi connectivity index (χ0n) is 17.4. The first-order valence-corrected chi connectivity index (χ1v) is 10.5. The summed E-state index contributed by atoms with van der Waals surface area (Å²) in [6.45, 7) is 6.79. The first kappa shape index (κ1) is 19.9. The molecule has 4 bridgehead atoms. The van der Waals surface area contributed by atoms with Crippen LogP contribution in [0.3, 0.4) is 0 Å². The number of likely N-dealkylation sites (tertiary alicyclic amines) is 1. The highest BCUT2D eigenvalue weighted by Gasteiger charge is 2.28. The standard InChI is InChI=1S/C24H30FN3O.H2/c1-4-21-22-14-20(8-9-23(22)25)29-16-18-15-27(2)12-10-17(18)6-5-7-19-11-13-28(3)24(21)26-19;/h4,8-9,11,13-14,17-18H,1,5-7,10,12,15-16H2,2-3H3;1H/b24-21+;/t17?,18-;/m1./s1. The molecule has 1 aromatic rings. The highest BCUT2D eigenvalue weighted by Crippen LogP contribution is 2.33. The summed E-state index contributed by atoms with van der Waals surface area (Å²) < 4.78 is 20.9. The number of halogens is 1. The van der Waals surface area contributed by atoms with Gasteiger partial charge in [0.15, 0.2) is 0 Å². The second kappa shape index (κ2) is 8.54. The summed E-state index contributed by atoms with van der Waals surface area (Å²) in [7, 11) is 4.11. The third-order valence-electron chi connectivity index (χ3n) is 6.31. The Labute approximate surface area is 174 Å². The Bertz CT molecular complexity index is 879. The molecule has 0 aromatic heterocycles. The molecule has 29 heavy (non-hydrogen) atoms. The maximum atomic E-state index is 14.8. The third kappa shape index (κ3) is 4.30. The average molecular weight is 398 g/mol. The van der Waals surface area contributed by atoms with Gasteiger partial charge >= 0.3 is 0 Å². The molecular weight excluding hydrogens is 365 g/mol. The van der Waals surface area contributed by atoms with Gasteiger partial charge in [-0.3, -0.25) is 0 Å². The fraction of sp³-hybridized carbons (Fsp3) is 0.458. The predicted molar refractivity (Wildman–Crippen MR) is 118 cm³/mol. The summed E-state index contributed by atoms with van der Waals surface area (Å²) in [5, 5.41) is 0. The van der Waals surface area contributed by atoms with Crippen molar-refractivity contribution in [2.45, 2.75) is 25.7 Å². The highest BCUT2D eigenvalue weighted by atomic mass is 19.1. The monoisotopic (exact) mass is 397 g/mol. The fourth-order valence-corrected chi connectivity index (χ4v) is 4.61. The zero-order chi connectivity index (χ0) is 20.4. The second-order valence-electron chi connectivity index (χ2n) is 8.39. The molecule has 4 nitrogen and oxygen atoms in total. The summed E-state index contributed by atoms with van der Waals surface area (Å²) in [5.41, 5.74) is 2.21. The van der Waals surface area contributed by atoms with Crippen molar-refractivity contribution in [1.29, 1.82) is 0 Å². The van der Waals surface area contributed by atoms with Crippen LogP contribution in [-0.2, 0) is 0 Å². The molecule has 3 aliphatic heterocycles. The molecule has 1 unspecified atom stereocenters. The molecule has 0 N–H and O–H groups in total. The number of hydrogen-bond acceptors (Lipinski definition) is 4. The predicted octanol–water partition coefficient (Wildman–Crippen LogP) is 4.96. The SMILES string of the molecule is C=C/C1=C2/N=C(C=CN2C)CCCC2CCN(C)C[C@@H]2COc2ccc(F)c1c2.[HH]. The minimum atomic E-state index is -0.290. The van der Waals surface area contributed by atoms with E-state index in [0.29, 0.717) is 35.3 Å². The Morgan fingerprint density at radius 1 is 1.28 bits per heavy atom. The molecule has 3 heterocycles. The van der Waals surface area contributed by atoms with Crippen molar-refractivity contribution in [3.8, 4) is 5.75 Å². The molecule has 4 rings (SSSR count). The maximum Gasteiger partial charge on any atom is 0.140 e. The van der Waals surface area contributed by atoms with Crippen molar-refractivity contribution in [3.63, 3.8) is 0 Å². The number of piperidine rings is 1. The average Bonchev–Trinajstić information content (AvgIpc) is 2.71. The Kier molecular flexibility index (Phi) is 5.86. The minimum Gasteiger partial charge on any atom is -0.493 e. The normalized spacial score (nSPS) is 28.1. The Hall–Kier alpha value is -2.40. The van der Waals surface area contributed by atoms with Gasteiger partial charge in [-0.05, 0) is 69.5 Å². The number of rotatable bonds is 1. The van der Waals surface area contributed by atoms with Crippen molar-refractivity contribution in [2.75, 3.05) is 33.8 Å².